The van der Waals surface area contributed by atoms with Gasteiger partial charge in [0.2, 0.25) is 0 Å². The second kappa shape index (κ2) is 4.45. The average molecular weight is 182 g/mol. The van der Waals surface area contributed by atoms with Gasteiger partial charge in [-0.1, -0.05) is 26.4 Å². The Bertz CT molecular complexity index is 230. The predicted molar refractivity (Wildman–Crippen MR) is 55.7 cm³/mol. The summed E-state index contributed by atoms with van der Waals surface area (Å²) in [6, 6.07) is 0. The number of aromatic amines is 1. The first-order valence-electron chi connectivity index (χ1n) is 4.78. The number of imidazole rings is 1. The molecule has 1 heterocycles. The van der Waals surface area contributed by atoms with E-state index in [0.29, 0.717) is 0 Å². The maximum Gasteiger partial charge on any atom is 0.110 e. The Kier molecular flexibility index (Phi) is 3.53. The van der Waals surface area contributed by atoms with E-state index < -0.39 is 8.80 Å². The largest absolute Gasteiger partial charge is 0.353 e. The topological polar surface area (TPSA) is 28.7 Å². The van der Waals surface area contributed by atoms with Crippen molar-refractivity contribution in [1.82, 2.24) is 9.97 Å². The lowest BCUT2D eigenvalue weighted by Crippen LogP contribution is -2.26. The van der Waals surface area contributed by atoms with Gasteiger partial charge in [-0.3, -0.25) is 0 Å². The van der Waals surface area contributed by atoms with Crippen molar-refractivity contribution in [2.45, 2.75) is 39.3 Å². The molecule has 0 saturated carbocycles. The van der Waals surface area contributed by atoms with Gasteiger partial charge in [0.25, 0.3) is 0 Å². The molecule has 1 rings (SSSR count). The molecule has 3 heteroatoms. The zero-order valence-electron chi connectivity index (χ0n) is 8.22. The van der Waals surface area contributed by atoms with E-state index in [0.717, 1.165) is 6.42 Å². The molecule has 1 aromatic heterocycles. The maximum absolute atomic E-state index is 4.55. The summed E-state index contributed by atoms with van der Waals surface area (Å²) in [6.45, 7) is 6.80. The highest BCUT2D eigenvalue weighted by Crippen LogP contribution is 1.98. The molecular weight excluding hydrogens is 164 g/mol. The normalized spacial score (nSPS) is 11.0. The molecule has 0 aliphatic carbocycles. The van der Waals surface area contributed by atoms with Crippen LogP contribution in [0.5, 0.6) is 0 Å². The summed E-state index contributed by atoms with van der Waals surface area (Å²) in [5, 5.41) is 0. The highest BCUT2D eigenvalue weighted by Gasteiger charge is 2.04. The van der Waals surface area contributed by atoms with Gasteiger partial charge in [0.1, 0.15) is 8.80 Å². The number of unbranched alkanes of at least 4 members (excludes halogenated alkanes) is 1. The van der Waals surface area contributed by atoms with Crippen LogP contribution >= 0.6 is 0 Å². The van der Waals surface area contributed by atoms with Crippen LogP contribution in [-0.2, 0) is 6.42 Å². The van der Waals surface area contributed by atoms with Crippen LogP contribution in [0.2, 0.25) is 13.1 Å². The Morgan fingerprint density at radius 1 is 1.50 bits per heavy atom. The summed E-state index contributed by atoms with van der Waals surface area (Å²) >= 11 is 0. The molecule has 2 nitrogen and oxygen atoms in total. The fraction of sp³-hybridized carbons (Fsp3) is 0.667. The molecule has 0 aliphatic heterocycles. The van der Waals surface area contributed by atoms with Crippen molar-refractivity contribution in [2.24, 2.45) is 0 Å². The van der Waals surface area contributed by atoms with Crippen LogP contribution in [0.25, 0.3) is 0 Å². The quantitative estimate of drug-likeness (QED) is 0.701. The minimum atomic E-state index is -0.709. The molecular formula is C9H18N2Si. The summed E-state index contributed by atoms with van der Waals surface area (Å²) in [5.74, 6) is 0. The van der Waals surface area contributed by atoms with Crippen LogP contribution < -0.4 is 5.45 Å². The molecule has 0 bridgehead atoms. The van der Waals surface area contributed by atoms with Crippen molar-refractivity contribution in [3.8, 4) is 0 Å². The van der Waals surface area contributed by atoms with E-state index >= 15 is 0 Å². The van der Waals surface area contributed by atoms with Gasteiger partial charge in [-0.2, -0.15) is 0 Å². The second-order valence-corrected chi connectivity index (χ2v) is 6.39. The number of H-pyrrole nitrogens is 1. The standard InChI is InChI=1S/C9H18N2Si/c1-4-5-6-8-7-10-9(11-8)12(2)3/h7,12H,4-6H2,1-3H3,(H,10,11). The van der Waals surface area contributed by atoms with Crippen molar-refractivity contribution in [3.63, 3.8) is 0 Å². The fourth-order valence-corrected chi connectivity index (χ4v) is 2.00. The molecule has 0 aliphatic rings. The Balaban J connectivity index is 2.52. The molecule has 12 heavy (non-hydrogen) atoms. The van der Waals surface area contributed by atoms with Gasteiger partial charge in [-0.15, -0.1) is 0 Å². The van der Waals surface area contributed by atoms with E-state index in [-0.39, 0.29) is 0 Å². The molecule has 0 amide bonds. The summed E-state index contributed by atoms with van der Waals surface area (Å²) in [6.07, 6.45) is 5.71. The van der Waals surface area contributed by atoms with Gasteiger partial charge < -0.3 is 4.98 Å². The molecule has 68 valence electrons. The Morgan fingerprint density at radius 2 is 2.25 bits per heavy atom. The van der Waals surface area contributed by atoms with Gasteiger partial charge in [0.15, 0.2) is 0 Å². The molecule has 0 aromatic carbocycles. The molecule has 0 fully saturated rings. The number of nitrogens with zero attached hydrogens (tertiary/aromatic N) is 1. The number of hydrogen-bond donors (Lipinski definition) is 1. The minimum Gasteiger partial charge on any atom is -0.353 e. The van der Waals surface area contributed by atoms with Crippen LogP contribution in [0.4, 0.5) is 0 Å². The first kappa shape index (κ1) is 9.51. The summed E-state index contributed by atoms with van der Waals surface area (Å²) < 4.78 is 0. The minimum absolute atomic E-state index is 0.709. The molecule has 1 aromatic rings. The van der Waals surface area contributed by atoms with E-state index in [1.807, 2.05) is 0 Å². The van der Waals surface area contributed by atoms with E-state index in [9.17, 15) is 0 Å². The maximum atomic E-state index is 4.55. The van der Waals surface area contributed by atoms with Crippen LogP contribution in [0.1, 0.15) is 25.5 Å². The number of aromatic nitrogens is 2. The molecule has 0 atom stereocenters. The summed E-state index contributed by atoms with van der Waals surface area (Å²) in [4.78, 5) is 7.82. The third-order valence-corrected chi connectivity index (χ3v) is 3.37. The zero-order valence-corrected chi connectivity index (χ0v) is 9.38. The summed E-state index contributed by atoms with van der Waals surface area (Å²) in [7, 11) is -0.709. The van der Waals surface area contributed by atoms with E-state index in [1.165, 1.54) is 24.0 Å². The number of rotatable bonds is 4. The van der Waals surface area contributed by atoms with Crippen molar-refractivity contribution < 1.29 is 0 Å². The lowest BCUT2D eigenvalue weighted by molar-refractivity contribution is 0.781. The van der Waals surface area contributed by atoms with Crippen molar-refractivity contribution in [1.29, 1.82) is 0 Å². The molecule has 0 saturated heterocycles. The highest BCUT2D eigenvalue weighted by molar-refractivity contribution is 6.69. The highest BCUT2D eigenvalue weighted by atomic mass is 28.3. The fourth-order valence-electron chi connectivity index (χ4n) is 1.16. The van der Waals surface area contributed by atoms with E-state index in [1.54, 1.807) is 0 Å². The first-order valence-corrected chi connectivity index (χ1v) is 7.67. The molecule has 0 spiro atoms. The van der Waals surface area contributed by atoms with Crippen molar-refractivity contribution in [3.05, 3.63) is 11.9 Å². The molecule has 0 radical (unpaired) electrons. The third-order valence-electron chi connectivity index (χ3n) is 1.98. The number of nitrogens with one attached hydrogen (secondary N) is 1. The van der Waals surface area contributed by atoms with Crippen LogP contribution in [-0.4, -0.2) is 18.8 Å². The Labute approximate surface area is 76.0 Å². The van der Waals surface area contributed by atoms with E-state index in [4.69, 9.17) is 0 Å². The SMILES string of the molecule is CCCCc1c[nH]c([SiH](C)C)n1. The van der Waals surface area contributed by atoms with Crippen molar-refractivity contribution >= 4 is 14.2 Å². The lowest BCUT2D eigenvalue weighted by Gasteiger charge is -1.95. The number of aryl methyl sites for hydroxylation is 1. The molecule has 0 unspecified atom stereocenters. The Hall–Kier alpha value is -0.573. The van der Waals surface area contributed by atoms with Crippen LogP contribution in [0, 0.1) is 0 Å². The van der Waals surface area contributed by atoms with E-state index in [2.05, 4.69) is 36.2 Å². The van der Waals surface area contributed by atoms with Gasteiger partial charge >= 0.3 is 0 Å². The zero-order chi connectivity index (χ0) is 8.97. The van der Waals surface area contributed by atoms with Gasteiger partial charge in [0, 0.05) is 6.20 Å². The Morgan fingerprint density at radius 3 is 2.75 bits per heavy atom. The van der Waals surface area contributed by atoms with Crippen LogP contribution in [0.3, 0.4) is 0 Å². The van der Waals surface area contributed by atoms with Crippen molar-refractivity contribution in [2.75, 3.05) is 0 Å². The van der Waals surface area contributed by atoms with Gasteiger partial charge in [0.05, 0.1) is 11.1 Å². The van der Waals surface area contributed by atoms with Gasteiger partial charge in [-0.05, 0) is 12.8 Å². The second-order valence-electron chi connectivity index (χ2n) is 3.54. The monoisotopic (exact) mass is 182 g/mol. The lowest BCUT2D eigenvalue weighted by atomic mass is 10.2. The number of hydrogen-bond acceptors (Lipinski definition) is 1. The third kappa shape index (κ3) is 2.48. The average Bonchev–Trinajstić information content (AvgIpc) is 2.48. The predicted octanol–water partition coefficient (Wildman–Crippen LogP) is 1.45. The van der Waals surface area contributed by atoms with Crippen LogP contribution in [0.15, 0.2) is 6.20 Å². The first-order chi connectivity index (χ1) is 5.74. The summed E-state index contributed by atoms with van der Waals surface area (Å²) in [5.41, 5.74) is 2.49. The molecule has 1 N–H and O–H groups in total. The smallest absolute Gasteiger partial charge is 0.110 e. The van der Waals surface area contributed by atoms with Gasteiger partial charge in [-0.25, -0.2) is 4.98 Å².